The minimum atomic E-state index is -0.0112. The molecule has 1 N–H and O–H groups in total. The predicted molar refractivity (Wildman–Crippen MR) is 64.7 cm³/mol. The second-order valence-electron chi connectivity index (χ2n) is 3.98. The molecule has 0 bridgehead atoms. The molecule has 0 aromatic heterocycles. The maximum Gasteiger partial charge on any atom is 0.251 e. The number of amides is 1. The smallest absolute Gasteiger partial charge is 0.251 e. The number of aryl methyl sites for hydroxylation is 2. The summed E-state index contributed by atoms with van der Waals surface area (Å²) < 4.78 is 4.92. The molecule has 0 spiro atoms. The Bertz CT molecular complexity index is 341. The molecular formula is C13H19NO2. The fourth-order valence-corrected chi connectivity index (χ4v) is 1.63. The summed E-state index contributed by atoms with van der Waals surface area (Å²) in [6.07, 6.45) is 0.840. The zero-order valence-corrected chi connectivity index (χ0v) is 10.2. The SMILES string of the molecule is COCCCNC(=O)c1cc(C)cc(C)c1. The van der Waals surface area contributed by atoms with Gasteiger partial charge in [-0.05, 0) is 32.4 Å². The minimum Gasteiger partial charge on any atom is -0.385 e. The molecule has 1 aromatic carbocycles. The van der Waals surface area contributed by atoms with Gasteiger partial charge < -0.3 is 10.1 Å². The first-order valence-electron chi connectivity index (χ1n) is 5.49. The molecule has 0 unspecified atom stereocenters. The molecule has 3 heteroatoms. The van der Waals surface area contributed by atoms with Crippen LogP contribution in [0.25, 0.3) is 0 Å². The van der Waals surface area contributed by atoms with Gasteiger partial charge in [0.1, 0.15) is 0 Å². The molecule has 88 valence electrons. The molecule has 0 saturated heterocycles. The first kappa shape index (κ1) is 12.7. The van der Waals surface area contributed by atoms with Gasteiger partial charge >= 0.3 is 0 Å². The maximum atomic E-state index is 11.8. The van der Waals surface area contributed by atoms with E-state index >= 15 is 0 Å². The molecular weight excluding hydrogens is 202 g/mol. The van der Waals surface area contributed by atoms with E-state index in [1.54, 1.807) is 7.11 Å². The maximum absolute atomic E-state index is 11.8. The summed E-state index contributed by atoms with van der Waals surface area (Å²) in [6, 6.07) is 5.86. The lowest BCUT2D eigenvalue weighted by Crippen LogP contribution is -2.25. The van der Waals surface area contributed by atoms with E-state index in [9.17, 15) is 4.79 Å². The summed E-state index contributed by atoms with van der Waals surface area (Å²) in [5.74, 6) is -0.0112. The highest BCUT2D eigenvalue weighted by Crippen LogP contribution is 2.08. The second-order valence-corrected chi connectivity index (χ2v) is 3.98. The summed E-state index contributed by atoms with van der Waals surface area (Å²) in [5.41, 5.74) is 2.96. The van der Waals surface area contributed by atoms with Crippen LogP contribution in [-0.2, 0) is 4.74 Å². The second kappa shape index (κ2) is 6.28. The molecule has 1 rings (SSSR count). The summed E-state index contributed by atoms with van der Waals surface area (Å²) in [4.78, 5) is 11.8. The van der Waals surface area contributed by atoms with Gasteiger partial charge in [0.2, 0.25) is 0 Å². The molecule has 16 heavy (non-hydrogen) atoms. The van der Waals surface area contributed by atoms with Crippen molar-refractivity contribution in [1.82, 2.24) is 5.32 Å². The van der Waals surface area contributed by atoms with Gasteiger partial charge in [-0.25, -0.2) is 0 Å². The average molecular weight is 221 g/mol. The van der Waals surface area contributed by atoms with E-state index in [4.69, 9.17) is 4.74 Å². The molecule has 0 saturated carbocycles. The van der Waals surface area contributed by atoms with Crippen LogP contribution in [0.2, 0.25) is 0 Å². The van der Waals surface area contributed by atoms with Crippen molar-refractivity contribution in [1.29, 1.82) is 0 Å². The standard InChI is InChI=1S/C13H19NO2/c1-10-7-11(2)9-12(8-10)13(15)14-5-4-6-16-3/h7-9H,4-6H2,1-3H3,(H,14,15). The lowest BCUT2D eigenvalue weighted by molar-refractivity contribution is 0.0948. The largest absolute Gasteiger partial charge is 0.385 e. The van der Waals surface area contributed by atoms with Crippen LogP contribution < -0.4 is 5.32 Å². The van der Waals surface area contributed by atoms with E-state index in [2.05, 4.69) is 11.4 Å². The molecule has 0 aliphatic carbocycles. The molecule has 0 radical (unpaired) electrons. The van der Waals surface area contributed by atoms with Crippen LogP contribution >= 0.6 is 0 Å². The van der Waals surface area contributed by atoms with Crippen molar-refractivity contribution < 1.29 is 9.53 Å². The van der Waals surface area contributed by atoms with Crippen molar-refractivity contribution in [3.05, 3.63) is 34.9 Å². The van der Waals surface area contributed by atoms with E-state index in [-0.39, 0.29) is 5.91 Å². The van der Waals surface area contributed by atoms with Gasteiger partial charge in [0.05, 0.1) is 0 Å². The summed E-state index contributed by atoms with van der Waals surface area (Å²) in [5, 5.41) is 2.87. The monoisotopic (exact) mass is 221 g/mol. The van der Waals surface area contributed by atoms with Gasteiger partial charge in [0, 0.05) is 25.8 Å². The van der Waals surface area contributed by atoms with Crippen LogP contribution in [0, 0.1) is 13.8 Å². The Morgan fingerprint density at radius 1 is 1.25 bits per heavy atom. The van der Waals surface area contributed by atoms with Gasteiger partial charge in [-0.15, -0.1) is 0 Å². The summed E-state index contributed by atoms with van der Waals surface area (Å²) >= 11 is 0. The number of hydrogen-bond acceptors (Lipinski definition) is 2. The fraction of sp³-hybridized carbons (Fsp3) is 0.462. The van der Waals surface area contributed by atoms with Gasteiger partial charge in [0.15, 0.2) is 0 Å². The molecule has 1 aromatic rings. The van der Waals surface area contributed by atoms with Crippen molar-refractivity contribution >= 4 is 5.91 Å². The number of rotatable bonds is 5. The number of ether oxygens (including phenoxy) is 1. The predicted octanol–water partition coefficient (Wildman–Crippen LogP) is 2.07. The molecule has 1 amide bonds. The lowest BCUT2D eigenvalue weighted by Gasteiger charge is -2.06. The van der Waals surface area contributed by atoms with Crippen molar-refractivity contribution in [3.8, 4) is 0 Å². The third-order valence-corrected chi connectivity index (χ3v) is 2.29. The molecule has 0 atom stereocenters. The third kappa shape index (κ3) is 4.03. The Kier molecular flexibility index (Phi) is 4.99. The number of benzene rings is 1. The average Bonchev–Trinajstić information content (AvgIpc) is 2.22. The number of carbonyl (C=O) groups excluding carboxylic acids is 1. The number of carbonyl (C=O) groups is 1. The molecule has 3 nitrogen and oxygen atoms in total. The Hall–Kier alpha value is -1.35. The van der Waals surface area contributed by atoms with Gasteiger partial charge in [-0.3, -0.25) is 4.79 Å². The van der Waals surface area contributed by atoms with Gasteiger partial charge in [0.25, 0.3) is 5.91 Å². The Morgan fingerprint density at radius 2 is 1.88 bits per heavy atom. The Balaban J connectivity index is 2.52. The van der Waals surface area contributed by atoms with Crippen LogP contribution in [0.5, 0.6) is 0 Å². The first-order valence-corrected chi connectivity index (χ1v) is 5.49. The zero-order chi connectivity index (χ0) is 12.0. The van der Waals surface area contributed by atoms with E-state index in [0.29, 0.717) is 13.2 Å². The van der Waals surface area contributed by atoms with Gasteiger partial charge in [-0.2, -0.15) is 0 Å². The van der Waals surface area contributed by atoms with Gasteiger partial charge in [-0.1, -0.05) is 17.2 Å². The molecule has 0 aliphatic heterocycles. The molecule has 0 aliphatic rings. The highest BCUT2D eigenvalue weighted by molar-refractivity contribution is 5.94. The van der Waals surface area contributed by atoms with Crippen LogP contribution in [0.3, 0.4) is 0 Å². The van der Waals surface area contributed by atoms with Crippen molar-refractivity contribution in [2.75, 3.05) is 20.3 Å². The van der Waals surface area contributed by atoms with Crippen molar-refractivity contribution in [2.45, 2.75) is 20.3 Å². The van der Waals surface area contributed by atoms with E-state index in [1.807, 2.05) is 26.0 Å². The first-order chi connectivity index (χ1) is 7.63. The normalized spacial score (nSPS) is 10.2. The fourth-order valence-electron chi connectivity index (χ4n) is 1.63. The van der Waals surface area contributed by atoms with Crippen molar-refractivity contribution in [3.63, 3.8) is 0 Å². The topological polar surface area (TPSA) is 38.3 Å². The van der Waals surface area contributed by atoms with Crippen molar-refractivity contribution in [2.24, 2.45) is 0 Å². The van der Waals surface area contributed by atoms with Crippen LogP contribution in [-0.4, -0.2) is 26.2 Å². The summed E-state index contributed by atoms with van der Waals surface area (Å²) in [6.45, 7) is 5.32. The Labute approximate surface area is 96.8 Å². The van der Waals surface area contributed by atoms with Crippen LogP contribution in [0.1, 0.15) is 27.9 Å². The Morgan fingerprint density at radius 3 is 2.44 bits per heavy atom. The highest BCUT2D eigenvalue weighted by Gasteiger charge is 2.05. The lowest BCUT2D eigenvalue weighted by atomic mass is 10.1. The number of methoxy groups -OCH3 is 1. The van der Waals surface area contributed by atoms with E-state index in [1.165, 1.54) is 0 Å². The molecule has 0 heterocycles. The molecule has 0 fully saturated rings. The van der Waals surface area contributed by atoms with Crippen LogP contribution in [0.4, 0.5) is 0 Å². The highest BCUT2D eigenvalue weighted by atomic mass is 16.5. The van der Waals surface area contributed by atoms with Crippen LogP contribution in [0.15, 0.2) is 18.2 Å². The quantitative estimate of drug-likeness (QED) is 0.773. The number of hydrogen-bond donors (Lipinski definition) is 1. The van der Waals surface area contributed by atoms with E-state index in [0.717, 1.165) is 23.1 Å². The number of nitrogens with one attached hydrogen (secondary N) is 1. The summed E-state index contributed by atoms with van der Waals surface area (Å²) in [7, 11) is 1.66. The minimum absolute atomic E-state index is 0.0112. The van der Waals surface area contributed by atoms with E-state index < -0.39 is 0 Å². The third-order valence-electron chi connectivity index (χ3n) is 2.29. The zero-order valence-electron chi connectivity index (χ0n) is 10.2.